The molecule has 0 unspecified atom stereocenters. The van der Waals surface area contributed by atoms with E-state index in [1.54, 1.807) is 17.0 Å². The van der Waals surface area contributed by atoms with Crippen LogP contribution in [0.5, 0.6) is 5.75 Å². The number of aryl methyl sites for hydroxylation is 1. The first-order valence-electron chi connectivity index (χ1n) is 11.4. The number of phenols is 1. The van der Waals surface area contributed by atoms with E-state index in [1.807, 2.05) is 31.2 Å². The number of fused-ring (bicyclic) bond motifs is 1. The number of carbonyl (C=O) groups is 1. The van der Waals surface area contributed by atoms with Gasteiger partial charge >= 0.3 is 6.09 Å². The predicted octanol–water partition coefficient (Wildman–Crippen LogP) is 3.91. The minimum atomic E-state index is -0.881. The van der Waals surface area contributed by atoms with Crippen LogP contribution in [0, 0.1) is 12.8 Å². The molecule has 172 valence electrons. The number of benzene rings is 2. The Morgan fingerprint density at radius 1 is 1.21 bits per heavy atom. The maximum Gasteiger partial charge on any atom is 0.407 e. The fourth-order valence-corrected chi connectivity index (χ4v) is 4.85. The Morgan fingerprint density at radius 2 is 2.06 bits per heavy atom. The Morgan fingerprint density at radius 3 is 2.82 bits per heavy atom. The number of hydrogen-bond donors (Lipinski definition) is 2. The molecule has 2 aromatic carbocycles. The topological polar surface area (TPSA) is 99.0 Å². The van der Waals surface area contributed by atoms with Crippen molar-refractivity contribution in [1.82, 2.24) is 14.9 Å². The maximum atomic E-state index is 11.9. The molecular formula is C25H28N4O4. The van der Waals surface area contributed by atoms with Gasteiger partial charge in [-0.3, -0.25) is 0 Å². The van der Waals surface area contributed by atoms with Crippen LogP contribution < -0.4 is 4.90 Å². The second kappa shape index (κ2) is 8.86. The molecule has 3 aromatic rings. The van der Waals surface area contributed by atoms with E-state index in [2.05, 4.69) is 11.0 Å². The van der Waals surface area contributed by atoms with E-state index in [-0.39, 0.29) is 17.7 Å². The van der Waals surface area contributed by atoms with E-state index in [0.717, 1.165) is 48.2 Å². The Bertz CT molecular complexity index is 1180. The number of phenolic OH excluding ortho intramolecular Hbond substituents is 1. The van der Waals surface area contributed by atoms with Crippen LogP contribution in [0.3, 0.4) is 0 Å². The average Bonchev–Trinajstić information content (AvgIpc) is 3.49. The van der Waals surface area contributed by atoms with Crippen molar-refractivity contribution in [2.45, 2.75) is 25.8 Å². The largest absolute Gasteiger partial charge is 0.507 e. The summed E-state index contributed by atoms with van der Waals surface area (Å²) in [5.41, 5.74) is 2.53. The van der Waals surface area contributed by atoms with Crippen molar-refractivity contribution in [1.29, 1.82) is 0 Å². The van der Waals surface area contributed by atoms with Gasteiger partial charge in [0.05, 0.1) is 23.7 Å². The molecule has 2 aliphatic heterocycles. The molecule has 2 fully saturated rings. The van der Waals surface area contributed by atoms with E-state index in [0.29, 0.717) is 31.1 Å². The van der Waals surface area contributed by atoms with Gasteiger partial charge in [-0.25, -0.2) is 14.8 Å². The molecule has 0 radical (unpaired) electrons. The first-order valence-corrected chi connectivity index (χ1v) is 11.4. The normalized spacial score (nSPS) is 20.5. The van der Waals surface area contributed by atoms with Crippen LogP contribution in [0.15, 0.2) is 42.5 Å². The minimum Gasteiger partial charge on any atom is -0.507 e. The molecule has 2 N–H and O–H groups in total. The third kappa shape index (κ3) is 4.30. The lowest BCUT2D eigenvalue weighted by Crippen LogP contribution is -2.43. The monoisotopic (exact) mass is 448 g/mol. The van der Waals surface area contributed by atoms with Gasteiger partial charge < -0.3 is 24.7 Å². The van der Waals surface area contributed by atoms with Gasteiger partial charge in [0, 0.05) is 31.6 Å². The van der Waals surface area contributed by atoms with Gasteiger partial charge in [-0.05, 0) is 55.5 Å². The third-order valence-corrected chi connectivity index (χ3v) is 6.61. The van der Waals surface area contributed by atoms with Crippen molar-refractivity contribution < 1.29 is 19.7 Å². The SMILES string of the molecule is Cc1ccc2c(N3CC[C@@H](CN(C(=O)O)[C@@H]4CCOC4)C3)nc(-c3ccccc3O)nc2c1. The van der Waals surface area contributed by atoms with Crippen molar-refractivity contribution >= 4 is 22.8 Å². The minimum absolute atomic E-state index is 0.0629. The Kier molecular flexibility index (Phi) is 5.76. The summed E-state index contributed by atoms with van der Waals surface area (Å²) in [5.74, 6) is 1.67. The van der Waals surface area contributed by atoms with Crippen LogP contribution in [0.25, 0.3) is 22.3 Å². The van der Waals surface area contributed by atoms with Crippen LogP contribution in [-0.4, -0.2) is 70.1 Å². The van der Waals surface area contributed by atoms with Crippen LogP contribution in [0.1, 0.15) is 18.4 Å². The second-order valence-electron chi connectivity index (χ2n) is 8.96. The number of amides is 1. The first-order chi connectivity index (χ1) is 16.0. The lowest BCUT2D eigenvalue weighted by atomic mass is 10.1. The molecule has 0 aliphatic carbocycles. The number of nitrogens with zero attached hydrogens (tertiary/aromatic N) is 4. The molecule has 0 saturated carbocycles. The number of carboxylic acid groups (broad SMARTS) is 1. The van der Waals surface area contributed by atoms with Crippen LogP contribution >= 0.6 is 0 Å². The molecule has 33 heavy (non-hydrogen) atoms. The van der Waals surface area contributed by atoms with Gasteiger partial charge in [-0.15, -0.1) is 0 Å². The summed E-state index contributed by atoms with van der Waals surface area (Å²) in [5, 5.41) is 21.1. The van der Waals surface area contributed by atoms with Gasteiger partial charge in [0.25, 0.3) is 0 Å². The summed E-state index contributed by atoms with van der Waals surface area (Å²) in [4.78, 5) is 25.3. The number of aromatic nitrogens is 2. The molecule has 1 amide bonds. The number of aromatic hydroxyl groups is 1. The molecule has 2 atom stereocenters. The fourth-order valence-electron chi connectivity index (χ4n) is 4.85. The van der Waals surface area contributed by atoms with Crippen LogP contribution in [-0.2, 0) is 4.74 Å². The molecule has 0 spiro atoms. The van der Waals surface area contributed by atoms with Gasteiger partial charge in [0.2, 0.25) is 0 Å². The van der Waals surface area contributed by atoms with Crippen molar-refractivity contribution in [2.75, 3.05) is 37.7 Å². The van der Waals surface area contributed by atoms with E-state index in [4.69, 9.17) is 14.7 Å². The van der Waals surface area contributed by atoms with E-state index >= 15 is 0 Å². The summed E-state index contributed by atoms with van der Waals surface area (Å²) < 4.78 is 5.41. The highest BCUT2D eigenvalue weighted by atomic mass is 16.5. The van der Waals surface area contributed by atoms with Crippen LogP contribution in [0.4, 0.5) is 10.6 Å². The quantitative estimate of drug-likeness (QED) is 0.611. The van der Waals surface area contributed by atoms with Crippen molar-refractivity contribution in [3.05, 3.63) is 48.0 Å². The van der Waals surface area contributed by atoms with E-state index in [1.165, 1.54) is 0 Å². The highest BCUT2D eigenvalue weighted by molar-refractivity contribution is 5.92. The van der Waals surface area contributed by atoms with E-state index < -0.39 is 6.09 Å². The lowest BCUT2D eigenvalue weighted by Gasteiger charge is -2.28. The molecule has 0 bridgehead atoms. The molecule has 5 rings (SSSR count). The summed E-state index contributed by atoms with van der Waals surface area (Å²) in [6, 6.07) is 13.2. The van der Waals surface area contributed by atoms with Gasteiger partial charge in [-0.2, -0.15) is 0 Å². The Balaban J connectivity index is 1.45. The third-order valence-electron chi connectivity index (χ3n) is 6.61. The van der Waals surface area contributed by atoms with E-state index in [9.17, 15) is 15.0 Å². The van der Waals surface area contributed by atoms with Gasteiger partial charge in [0.15, 0.2) is 5.82 Å². The summed E-state index contributed by atoms with van der Waals surface area (Å²) >= 11 is 0. The molecular weight excluding hydrogens is 420 g/mol. The average molecular weight is 449 g/mol. The lowest BCUT2D eigenvalue weighted by molar-refractivity contribution is 0.104. The summed E-state index contributed by atoms with van der Waals surface area (Å²) in [7, 11) is 0. The first kappa shape index (κ1) is 21.5. The zero-order valence-corrected chi connectivity index (χ0v) is 18.6. The number of hydrogen-bond acceptors (Lipinski definition) is 6. The molecule has 3 heterocycles. The smallest absolute Gasteiger partial charge is 0.407 e. The van der Waals surface area contributed by atoms with Crippen molar-refractivity contribution in [3.8, 4) is 17.1 Å². The zero-order valence-electron chi connectivity index (χ0n) is 18.6. The second-order valence-corrected chi connectivity index (χ2v) is 8.96. The molecule has 8 heteroatoms. The standard InChI is InChI=1S/C25H28N4O4/c1-16-6-7-19-21(12-16)26-23(20-4-2-3-5-22(20)30)27-24(19)28-10-8-17(13-28)14-29(25(31)32)18-9-11-33-15-18/h2-7,12,17-18,30H,8-11,13-15H2,1H3,(H,31,32)/t17-,18-/m1/s1. The van der Waals surface area contributed by atoms with Crippen molar-refractivity contribution in [3.63, 3.8) is 0 Å². The molecule has 8 nitrogen and oxygen atoms in total. The molecule has 1 aromatic heterocycles. The zero-order chi connectivity index (χ0) is 22.9. The summed E-state index contributed by atoms with van der Waals surface area (Å²) in [6.45, 7) is 5.13. The number of anilines is 1. The predicted molar refractivity (Wildman–Crippen MR) is 126 cm³/mol. The van der Waals surface area contributed by atoms with Crippen molar-refractivity contribution in [2.24, 2.45) is 5.92 Å². The maximum absolute atomic E-state index is 11.9. The Labute approximate surface area is 192 Å². The number of ether oxygens (including phenoxy) is 1. The summed E-state index contributed by atoms with van der Waals surface area (Å²) in [6.07, 6.45) is 0.761. The Hall–Kier alpha value is -3.39. The van der Waals surface area contributed by atoms with Gasteiger partial charge in [-0.1, -0.05) is 18.2 Å². The highest BCUT2D eigenvalue weighted by Gasteiger charge is 2.33. The number of rotatable bonds is 5. The highest BCUT2D eigenvalue weighted by Crippen LogP contribution is 2.34. The fraction of sp³-hybridized carbons (Fsp3) is 0.400. The number of para-hydroxylation sites is 1. The molecule has 2 saturated heterocycles. The van der Waals surface area contributed by atoms with Gasteiger partial charge in [0.1, 0.15) is 11.6 Å². The van der Waals surface area contributed by atoms with Crippen LogP contribution in [0.2, 0.25) is 0 Å². The molecule has 2 aliphatic rings.